The molecule has 2 aliphatic heterocycles. The van der Waals surface area contributed by atoms with Gasteiger partial charge in [0.15, 0.2) is 0 Å². The van der Waals surface area contributed by atoms with Crippen molar-refractivity contribution in [2.24, 2.45) is 7.05 Å². The summed E-state index contributed by atoms with van der Waals surface area (Å²) in [7, 11) is 1.89. The third kappa shape index (κ3) is 2.87. The molecule has 7 heteroatoms. The zero-order chi connectivity index (χ0) is 18.3. The van der Waals surface area contributed by atoms with Gasteiger partial charge in [-0.1, -0.05) is 0 Å². The number of piperidine rings is 1. The number of amides is 2. The van der Waals surface area contributed by atoms with Crippen molar-refractivity contribution >= 4 is 11.8 Å². The average Bonchev–Trinajstić information content (AvgIpc) is 3.18. The molecule has 2 aromatic rings. The Morgan fingerprint density at radius 1 is 1.27 bits per heavy atom. The Bertz CT molecular complexity index is 851. The van der Waals surface area contributed by atoms with Crippen LogP contribution in [0.5, 0.6) is 0 Å². The van der Waals surface area contributed by atoms with E-state index in [4.69, 9.17) is 0 Å². The minimum Gasteiger partial charge on any atom is -0.350 e. The van der Waals surface area contributed by atoms with Gasteiger partial charge in [0, 0.05) is 51.1 Å². The van der Waals surface area contributed by atoms with Crippen LogP contribution in [0.2, 0.25) is 0 Å². The molecule has 2 amide bonds. The Hall–Kier alpha value is -2.70. The van der Waals surface area contributed by atoms with Crippen molar-refractivity contribution in [3.8, 4) is 0 Å². The van der Waals surface area contributed by atoms with Gasteiger partial charge in [0.1, 0.15) is 0 Å². The highest BCUT2D eigenvalue weighted by molar-refractivity contribution is 5.94. The summed E-state index contributed by atoms with van der Waals surface area (Å²) in [5.74, 6) is 0.210. The molecule has 2 aliphatic rings. The minimum absolute atomic E-state index is 0.0123. The van der Waals surface area contributed by atoms with Crippen molar-refractivity contribution in [3.05, 3.63) is 47.5 Å². The fourth-order valence-electron chi connectivity index (χ4n) is 4.29. The van der Waals surface area contributed by atoms with Gasteiger partial charge in [0.05, 0.1) is 17.3 Å². The molecule has 26 heavy (non-hydrogen) atoms. The molecule has 1 atom stereocenters. The number of carbonyl (C=O) groups excluding carboxylic acids is 2. The molecular formula is C19H23N5O2. The van der Waals surface area contributed by atoms with E-state index in [2.05, 4.69) is 15.4 Å². The Kier molecular flexibility index (Phi) is 4.01. The standard InChI is InChI=1S/C19H23N5O2/c1-13-7-14(10-20-9-13)18(26)24-5-3-19(4-6-24)16(8-17(25)22-19)15-11-21-23(2)12-15/h7,9-12,16H,3-6,8H2,1-2H3,(H,22,25)/t16-/m0/s1. The SMILES string of the molecule is Cc1cncc(C(=O)N2CCC3(CC2)NC(=O)C[C@H]3c2cnn(C)c2)c1. The summed E-state index contributed by atoms with van der Waals surface area (Å²) in [4.78, 5) is 30.9. The molecule has 1 N–H and O–H groups in total. The Morgan fingerprint density at radius 3 is 2.69 bits per heavy atom. The van der Waals surface area contributed by atoms with E-state index in [-0.39, 0.29) is 23.3 Å². The summed E-state index contributed by atoms with van der Waals surface area (Å²) in [6, 6.07) is 1.87. The van der Waals surface area contributed by atoms with Crippen LogP contribution in [0.3, 0.4) is 0 Å². The average molecular weight is 353 g/mol. The minimum atomic E-state index is -0.276. The zero-order valence-electron chi connectivity index (χ0n) is 15.1. The molecule has 136 valence electrons. The Balaban J connectivity index is 1.51. The third-order valence-electron chi connectivity index (χ3n) is 5.64. The van der Waals surface area contributed by atoms with Gasteiger partial charge >= 0.3 is 0 Å². The lowest BCUT2D eigenvalue weighted by Gasteiger charge is -2.42. The van der Waals surface area contributed by atoms with Crippen LogP contribution in [0.25, 0.3) is 0 Å². The van der Waals surface area contributed by atoms with E-state index in [0.29, 0.717) is 25.1 Å². The van der Waals surface area contributed by atoms with Crippen LogP contribution in [0.4, 0.5) is 0 Å². The van der Waals surface area contributed by atoms with Crippen LogP contribution in [0.15, 0.2) is 30.9 Å². The first-order valence-corrected chi connectivity index (χ1v) is 8.97. The summed E-state index contributed by atoms with van der Waals surface area (Å²) in [5.41, 5.74) is 2.42. The lowest BCUT2D eigenvalue weighted by Crippen LogP contribution is -2.54. The van der Waals surface area contributed by atoms with E-state index >= 15 is 0 Å². The molecule has 0 unspecified atom stereocenters. The van der Waals surface area contributed by atoms with Crippen molar-refractivity contribution in [1.82, 2.24) is 25.0 Å². The molecule has 4 heterocycles. The molecule has 2 fully saturated rings. The molecule has 7 nitrogen and oxygen atoms in total. The van der Waals surface area contributed by atoms with Gasteiger partial charge in [-0.05, 0) is 37.0 Å². The fourth-order valence-corrected chi connectivity index (χ4v) is 4.29. The molecule has 0 aliphatic carbocycles. The second kappa shape index (κ2) is 6.23. The number of aromatic nitrogens is 3. The zero-order valence-corrected chi connectivity index (χ0v) is 15.1. The molecule has 4 rings (SSSR count). The van der Waals surface area contributed by atoms with E-state index in [0.717, 1.165) is 24.0 Å². The molecule has 2 saturated heterocycles. The van der Waals surface area contributed by atoms with Crippen molar-refractivity contribution < 1.29 is 9.59 Å². The first-order chi connectivity index (χ1) is 12.5. The van der Waals surface area contributed by atoms with Crippen LogP contribution in [0.1, 0.15) is 46.7 Å². The third-order valence-corrected chi connectivity index (χ3v) is 5.64. The molecular weight excluding hydrogens is 330 g/mol. The van der Waals surface area contributed by atoms with Crippen LogP contribution in [-0.4, -0.2) is 50.1 Å². The quantitative estimate of drug-likeness (QED) is 0.885. The molecule has 0 aromatic carbocycles. The Morgan fingerprint density at radius 2 is 2.04 bits per heavy atom. The second-order valence-corrected chi connectivity index (χ2v) is 7.45. The largest absolute Gasteiger partial charge is 0.350 e. The van der Waals surface area contributed by atoms with Crippen molar-refractivity contribution in [3.63, 3.8) is 0 Å². The van der Waals surface area contributed by atoms with Gasteiger partial charge < -0.3 is 10.2 Å². The van der Waals surface area contributed by atoms with E-state index in [9.17, 15) is 9.59 Å². The maximum absolute atomic E-state index is 12.8. The number of likely N-dealkylation sites (tertiary alicyclic amines) is 1. The lowest BCUT2D eigenvalue weighted by molar-refractivity contribution is -0.120. The van der Waals surface area contributed by atoms with Crippen LogP contribution >= 0.6 is 0 Å². The normalized spacial score (nSPS) is 21.8. The summed E-state index contributed by atoms with van der Waals surface area (Å²) >= 11 is 0. The molecule has 0 radical (unpaired) electrons. The van der Waals surface area contributed by atoms with Crippen LogP contribution < -0.4 is 5.32 Å². The second-order valence-electron chi connectivity index (χ2n) is 7.45. The van der Waals surface area contributed by atoms with Gasteiger partial charge in [-0.15, -0.1) is 0 Å². The number of pyridine rings is 1. The number of hydrogen-bond donors (Lipinski definition) is 1. The van der Waals surface area contributed by atoms with Gasteiger partial charge in [-0.25, -0.2) is 0 Å². The maximum Gasteiger partial charge on any atom is 0.255 e. The number of nitrogens with one attached hydrogen (secondary N) is 1. The highest BCUT2D eigenvalue weighted by Crippen LogP contribution is 2.43. The highest BCUT2D eigenvalue weighted by Gasteiger charge is 2.49. The monoisotopic (exact) mass is 353 g/mol. The highest BCUT2D eigenvalue weighted by atomic mass is 16.2. The van der Waals surface area contributed by atoms with Crippen molar-refractivity contribution in [2.45, 2.75) is 37.6 Å². The van der Waals surface area contributed by atoms with Crippen LogP contribution in [-0.2, 0) is 11.8 Å². The van der Waals surface area contributed by atoms with Crippen molar-refractivity contribution in [2.75, 3.05) is 13.1 Å². The lowest BCUT2D eigenvalue weighted by atomic mass is 9.75. The summed E-state index contributed by atoms with van der Waals surface area (Å²) in [6.45, 7) is 3.19. The topological polar surface area (TPSA) is 80.1 Å². The van der Waals surface area contributed by atoms with Crippen molar-refractivity contribution in [1.29, 1.82) is 0 Å². The van der Waals surface area contributed by atoms with E-state index < -0.39 is 0 Å². The van der Waals surface area contributed by atoms with E-state index in [1.54, 1.807) is 17.1 Å². The first kappa shape index (κ1) is 16.8. The van der Waals surface area contributed by atoms with E-state index in [1.165, 1.54) is 0 Å². The maximum atomic E-state index is 12.8. The van der Waals surface area contributed by atoms with Gasteiger partial charge in [-0.3, -0.25) is 19.3 Å². The van der Waals surface area contributed by atoms with Gasteiger partial charge in [0.25, 0.3) is 5.91 Å². The molecule has 2 aromatic heterocycles. The molecule has 1 spiro atoms. The van der Waals surface area contributed by atoms with E-state index in [1.807, 2.05) is 37.3 Å². The van der Waals surface area contributed by atoms with Gasteiger partial charge in [-0.2, -0.15) is 5.10 Å². The van der Waals surface area contributed by atoms with Gasteiger partial charge in [0.2, 0.25) is 5.91 Å². The number of aryl methyl sites for hydroxylation is 2. The first-order valence-electron chi connectivity index (χ1n) is 8.97. The summed E-state index contributed by atoms with van der Waals surface area (Å²) in [5, 5.41) is 7.47. The summed E-state index contributed by atoms with van der Waals surface area (Å²) < 4.78 is 1.77. The van der Waals surface area contributed by atoms with Crippen LogP contribution in [0, 0.1) is 6.92 Å². The predicted octanol–water partition coefficient (Wildman–Crippen LogP) is 1.40. The molecule has 0 saturated carbocycles. The number of rotatable bonds is 2. The smallest absolute Gasteiger partial charge is 0.255 e. The predicted molar refractivity (Wildman–Crippen MR) is 95.6 cm³/mol. The number of carbonyl (C=O) groups is 2. The number of nitrogens with zero attached hydrogens (tertiary/aromatic N) is 4. The fraction of sp³-hybridized carbons (Fsp3) is 0.474. The number of hydrogen-bond acceptors (Lipinski definition) is 4. The summed E-state index contributed by atoms with van der Waals surface area (Å²) in [6.07, 6.45) is 9.20. The Labute approximate surface area is 152 Å². The molecule has 0 bridgehead atoms.